The molecule has 1 unspecified atom stereocenters. The Labute approximate surface area is 215 Å². The van der Waals surface area contributed by atoms with E-state index in [1.807, 2.05) is 30.3 Å². The zero-order valence-electron chi connectivity index (χ0n) is 19.6. The highest BCUT2D eigenvalue weighted by Crippen LogP contribution is 2.27. The Morgan fingerprint density at radius 3 is 2.37 bits per heavy atom. The standard InChI is InChI=1S/C24H26ClN3O5S2/c1-32-18-12-17(13-19(14-18)33-2)24(30)28(11-7-10-16-8-5-4-6-9-16)15-20-26-21(22(25)34-20)23(29)27-35(3)31/h4-6,8-9,12-14H,7,10-11,15H2,1-3H3,(H,27,29). The summed E-state index contributed by atoms with van der Waals surface area (Å²) in [4.78, 5) is 31.8. The van der Waals surface area contributed by atoms with Gasteiger partial charge in [0.15, 0.2) is 5.69 Å². The van der Waals surface area contributed by atoms with Crippen LogP contribution in [-0.2, 0) is 24.0 Å². The normalized spacial score (nSPS) is 11.5. The van der Waals surface area contributed by atoms with Gasteiger partial charge in [0.25, 0.3) is 11.8 Å². The van der Waals surface area contributed by atoms with Crippen molar-refractivity contribution in [3.63, 3.8) is 0 Å². The first kappa shape index (κ1) is 26.7. The number of hydrogen-bond acceptors (Lipinski definition) is 7. The molecule has 0 bridgehead atoms. The molecule has 3 rings (SSSR count). The van der Waals surface area contributed by atoms with Gasteiger partial charge in [0.05, 0.1) is 20.8 Å². The minimum Gasteiger partial charge on any atom is -0.497 e. The molecule has 0 fully saturated rings. The van der Waals surface area contributed by atoms with E-state index < -0.39 is 16.9 Å². The lowest BCUT2D eigenvalue weighted by atomic mass is 10.1. The summed E-state index contributed by atoms with van der Waals surface area (Å²) in [5.41, 5.74) is 1.57. The molecule has 1 aromatic heterocycles. The molecular weight excluding hydrogens is 510 g/mol. The van der Waals surface area contributed by atoms with Gasteiger partial charge in [-0.1, -0.05) is 41.9 Å². The predicted molar refractivity (Wildman–Crippen MR) is 138 cm³/mol. The first-order valence-corrected chi connectivity index (χ1v) is 13.4. The lowest BCUT2D eigenvalue weighted by Gasteiger charge is -2.22. The molecule has 0 spiro atoms. The van der Waals surface area contributed by atoms with Crippen LogP contribution in [0.3, 0.4) is 0 Å². The molecular formula is C24H26ClN3O5S2. The smallest absolute Gasteiger partial charge is 0.283 e. The maximum Gasteiger partial charge on any atom is 0.283 e. The summed E-state index contributed by atoms with van der Waals surface area (Å²) in [6, 6.07) is 15.0. The van der Waals surface area contributed by atoms with Crippen molar-refractivity contribution < 1.29 is 23.3 Å². The monoisotopic (exact) mass is 535 g/mol. The molecule has 2 aromatic carbocycles. The van der Waals surface area contributed by atoms with Crippen LogP contribution in [-0.4, -0.2) is 52.9 Å². The molecule has 1 atom stereocenters. The van der Waals surface area contributed by atoms with E-state index in [-0.39, 0.29) is 22.5 Å². The minimum atomic E-state index is -1.55. The van der Waals surface area contributed by atoms with Gasteiger partial charge in [-0.3, -0.25) is 14.3 Å². The first-order valence-electron chi connectivity index (χ1n) is 10.7. The van der Waals surface area contributed by atoms with Crippen LogP contribution in [0.2, 0.25) is 4.34 Å². The van der Waals surface area contributed by atoms with E-state index in [9.17, 15) is 13.8 Å². The third-order valence-corrected chi connectivity index (χ3v) is 6.74. The van der Waals surface area contributed by atoms with E-state index in [0.29, 0.717) is 28.6 Å². The molecule has 0 aliphatic carbocycles. The SMILES string of the molecule is COc1cc(OC)cc(C(=O)N(CCCc2ccccc2)Cc2nc(C(=O)NS(C)=O)c(Cl)s2)c1. The lowest BCUT2D eigenvalue weighted by Crippen LogP contribution is -2.32. The van der Waals surface area contributed by atoms with Crippen molar-refractivity contribution in [2.24, 2.45) is 0 Å². The number of thiazole rings is 1. The molecule has 0 radical (unpaired) electrons. The predicted octanol–water partition coefficient (Wildman–Crippen LogP) is 4.11. The fraction of sp³-hybridized carbons (Fsp3) is 0.292. The van der Waals surface area contributed by atoms with Crippen molar-refractivity contribution in [1.29, 1.82) is 0 Å². The van der Waals surface area contributed by atoms with Crippen LogP contribution >= 0.6 is 22.9 Å². The molecule has 1 N–H and O–H groups in total. The van der Waals surface area contributed by atoms with E-state index >= 15 is 0 Å². The van der Waals surface area contributed by atoms with E-state index in [2.05, 4.69) is 9.71 Å². The number of nitrogens with zero attached hydrogens (tertiary/aromatic N) is 2. The molecule has 0 aliphatic heterocycles. The zero-order chi connectivity index (χ0) is 25.4. The van der Waals surface area contributed by atoms with Crippen LogP contribution in [0.5, 0.6) is 11.5 Å². The van der Waals surface area contributed by atoms with Gasteiger partial charge in [0, 0.05) is 24.4 Å². The van der Waals surface area contributed by atoms with Crippen molar-refractivity contribution in [1.82, 2.24) is 14.6 Å². The minimum absolute atomic E-state index is 0.0124. The highest BCUT2D eigenvalue weighted by atomic mass is 35.5. The number of hydrogen-bond donors (Lipinski definition) is 1. The van der Waals surface area contributed by atoms with Gasteiger partial charge in [-0.25, -0.2) is 9.19 Å². The number of carbonyl (C=O) groups is 2. The van der Waals surface area contributed by atoms with E-state index in [4.69, 9.17) is 21.1 Å². The summed E-state index contributed by atoms with van der Waals surface area (Å²) < 4.78 is 24.4. The molecule has 0 saturated heterocycles. The summed E-state index contributed by atoms with van der Waals surface area (Å²) in [7, 11) is 1.49. The summed E-state index contributed by atoms with van der Waals surface area (Å²) in [6.07, 6.45) is 2.85. The second-order valence-corrected chi connectivity index (χ2v) is 10.3. The van der Waals surface area contributed by atoms with Gasteiger partial charge in [0.2, 0.25) is 0 Å². The number of methoxy groups -OCH3 is 2. The Morgan fingerprint density at radius 1 is 1.11 bits per heavy atom. The van der Waals surface area contributed by atoms with Crippen LogP contribution in [0.4, 0.5) is 0 Å². The Morgan fingerprint density at radius 2 is 1.77 bits per heavy atom. The second-order valence-electron chi connectivity index (χ2n) is 7.53. The number of amides is 2. The van der Waals surface area contributed by atoms with E-state index in [1.54, 1.807) is 23.1 Å². The molecule has 0 aliphatic rings. The lowest BCUT2D eigenvalue weighted by molar-refractivity contribution is 0.0740. The Bertz CT molecular complexity index is 1180. The Hall–Kier alpha value is -2.95. The molecule has 11 heteroatoms. The number of ether oxygens (including phenoxy) is 2. The summed E-state index contributed by atoms with van der Waals surface area (Å²) in [6.45, 7) is 0.602. The van der Waals surface area contributed by atoms with E-state index in [1.165, 1.54) is 26.0 Å². The molecule has 0 saturated carbocycles. The fourth-order valence-corrected chi connectivity index (χ4v) is 4.93. The summed E-state index contributed by atoms with van der Waals surface area (Å²) in [5.74, 6) is 0.140. The molecule has 1 heterocycles. The first-order chi connectivity index (χ1) is 16.8. The van der Waals surface area contributed by atoms with Crippen molar-refractivity contribution in [2.75, 3.05) is 27.0 Å². The third kappa shape index (κ3) is 7.51. The third-order valence-electron chi connectivity index (χ3n) is 5.03. The van der Waals surface area contributed by atoms with E-state index in [0.717, 1.165) is 24.2 Å². The van der Waals surface area contributed by atoms with Gasteiger partial charge in [-0.05, 0) is 30.5 Å². The van der Waals surface area contributed by atoms with Crippen molar-refractivity contribution in [3.05, 3.63) is 74.7 Å². The van der Waals surface area contributed by atoms with Gasteiger partial charge in [-0.2, -0.15) is 0 Å². The van der Waals surface area contributed by atoms with Crippen LogP contribution < -0.4 is 14.2 Å². The molecule has 8 nitrogen and oxygen atoms in total. The molecule has 3 aromatic rings. The van der Waals surface area contributed by atoms with Crippen LogP contribution in [0, 0.1) is 0 Å². The van der Waals surface area contributed by atoms with Crippen LogP contribution in [0.15, 0.2) is 48.5 Å². The maximum absolute atomic E-state index is 13.5. The van der Waals surface area contributed by atoms with Crippen molar-refractivity contribution >= 4 is 45.7 Å². The van der Waals surface area contributed by atoms with Crippen LogP contribution in [0.1, 0.15) is 37.8 Å². The van der Waals surface area contributed by atoms with Gasteiger partial charge >= 0.3 is 0 Å². The highest BCUT2D eigenvalue weighted by molar-refractivity contribution is 7.82. The number of aryl methyl sites for hydroxylation is 1. The summed E-state index contributed by atoms with van der Waals surface area (Å²) in [5, 5.41) is 0.491. The highest BCUT2D eigenvalue weighted by Gasteiger charge is 2.23. The molecule has 186 valence electrons. The number of nitrogens with one attached hydrogen (secondary N) is 1. The average Bonchev–Trinajstić information content (AvgIpc) is 3.22. The Kier molecular flexibility index (Phi) is 9.64. The largest absolute Gasteiger partial charge is 0.497 e. The molecule has 35 heavy (non-hydrogen) atoms. The number of rotatable bonds is 11. The summed E-state index contributed by atoms with van der Waals surface area (Å²) >= 11 is 7.33. The van der Waals surface area contributed by atoms with Gasteiger partial charge in [-0.15, -0.1) is 11.3 Å². The second kappa shape index (κ2) is 12.7. The van der Waals surface area contributed by atoms with Crippen LogP contribution in [0.25, 0.3) is 0 Å². The average molecular weight is 536 g/mol. The number of aromatic nitrogens is 1. The molecule has 2 amide bonds. The topological polar surface area (TPSA) is 97.8 Å². The fourth-order valence-electron chi connectivity index (χ4n) is 3.38. The van der Waals surface area contributed by atoms with Gasteiger partial charge in [0.1, 0.15) is 31.8 Å². The maximum atomic E-state index is 13.5. The zero-order valence-corrected chi connectivity index (χ0v) is 22.0. The van der Waals surface area contributed by atoms with Crippen molar-refractivity contribution in [3.8, 4) is 11.5 Å². The van der Waals surface area contributed by atoms with Gasteiger partial charge < -0.3 is 14.4 Å². The quantitative estimate of drug-likeness (QED) is 0.397. The number of carbonyl (C=O) groups excluding carboxylic acids is 2. The van der Waals surface area contributed by atoms with Crippen molar-refractivity contribution in [2.45, 2.75) is 19.4 Å². The Balaban J connectivity index is 1.84. The number of benzene rings is 2. The number of halogens is 1.